The average Bonchev–Trinajstić information content (AvgIpc) is 2.77. The first kappa shape index (κ1) is 15.5. The summed E-state index contributed by atoms with van der Waals surface area (Å²) in [5.41, 5.74) is 8.69. The third kappa shape index (κ3) is 3.61. The summed E-state index contributed by atoms with van der Waals surface area (Å²) < 4.78 is 0. The zero-order valence-corrected chi connectivity index (χ0v) is 13.6. The van der Waals surface area contributed by atoms with Crippen molar-refractivity contribution in [1.29, 1.82) is 0 Å². The molecule has 112 valence electrons. The minimum atomic E-state index is -0.123. The van der Waals surface area contributed by atoms with E-state index in [0.717, 1.165) is 5.56 Å². The highest BCUT2D eigenvalue weighted by Crippen LogP contribution is 2.22. The number of nitrogens with zero attached hydrogens (tertiary/aromatic N) is 1. The van der Waals surface area contributed by atoms with Crippen molar-refractivity contribution in [2.24, 2.45) is 0 Å². The number of aryl methyl sites for hydroxylation is 1. The van der Waals surface area contributed by atoms with E-state index in [2.05, 4.69) is 48.4 Å². The number of hydrogen-bond donors (Lipinski definition) is 2. The predicted octanol–water partition coefficient (Wildman–Crippen LogP) is 3.65. The fourth-order valence-corrected chi connectivity index (χ4v) is 2.88. The maximum absolute atomic E-state index is 12.2. The summed E-state index contributed by atoms with van der Waals surface area (Å²) in [6.45, 7) is 8.10. The first-order chi connectivity index (χ1) is 9.88. The van der Waals surface area contributed by atoms with E-state index in [1.807, 2.05) is 6.92 Å². The van der Waals surface area contributed by atoms with Crippen LogP contribution in [0.4, 0.5) is 5.13 Å². The Hall–Kier alpha value is -1.88. The highest BCUT2D eigenvalue weighted by atomic mass is 32.1. The fourth-order valence-electron chi connectivity index (χ4n) is 2.14. The van der Waals surface area contributed by atoms with Crippen LogP contribution in [0.1, 0.15) is 59.2 Å². The first-order valence-electron chi connectivity index (χ1n) is 7.02. The second-order valence-electron chi connectivity index (χ2n) is 5.48. The lowest BCUT2D eigenvalue weighted by atomic mass is 9.99. The number of anilines is 1. The maximum Gasteiger partial charge on any atom is 0.263 e. The number of benzene rings is 1. The zero-order chi connectivity index (χ0) is 15.6. The molecule has 1 aromatic heterocycles. The molecular weight excluding hydrogens is 282 g/mol. The van der Waals surface area contributed by atoms with Crippen LogP contribution in [0.3, 0.4) is 0 Å². The minimum Gasteiger partial charge on any atom is -0.375 e. The van der Waals surface area contributed by atoms with Crippen LogP contribution >= 0.6 is 11.3 Å². The van der Waals surface area contributed by atoms with Crippen molar-refractivity contribution in [1.82, 2.24) is 10.3 Å². The largest absolute Gasteiger partial charge is 0.375 e. The van der Waals surface area contributed by atoms with Crippen LogP contribution < -0.4 is 11.1 Å². The molecule has 1 heterocycles. The third-order valence-electron chi connectivity index (χ3n) is 3.47. The van der Waals surface area contributed by atoms with Crippen molar-refractivity contribution in [3.8, 4) is 0 Å². The van der Waals surface area contributed by atoms with Crippen molar-refractivity contribution in [2.75, 3.05) is 5.73 Å². The van der Waals surface area contributed by atoms with Crippen LogP contribution in [0.25, 0.3) is 0 Å². The van der Waals surface area contributed by atoms with E-state index < -0.39 is 0 Å². The number of hydrogen-bond acceptors (Lipinski definition) is 4. The van der Waals surface area contributed by atoms with Gasteiger partial charge in [0.25, 0.3) is 5.91 Å². The molecule has 0 radical (unpaired) electrons. The van der Waals surface area contributed by atoms with Crippen LogP contribution in [0.2, 0.25) is 0 Å². The van der Waals surface area contributed by atoms with Crippen LogP contribution in [-0.4, -0.2) is 10.9 Å². The summed E-state index contributed by atoms with van der Waals surface area (Å²) >= 11 is 1.22. The Labute approximate surface area is 129 Å². The summed E-state index contributed by atoms with van der Waals surface area (Å²) in [5.74, 6) is 0.383. The molecular formula is C16H21N3OS. The summed E-state index contributed by atoms with van der Waals surface area (Å²) in [6, 6.07) is 8.29. The van der Waals surface area contributed by atoms with Gasteiger partial charge in [0.1, 0.15) is 4.88 Å². The SMILES string of the molecule is Cc1nc(N)sc1C(=O)NC(C)c1ccc(C(C)C)cc1. The van der Waals surface area contributed by atoms with E-state index >= 15 is 0 Å². The van der Waals surface area contributed by atoms with Crippen molar-refractivity contribution in [3.05, 3.63) is 46.0 Å². The number of carbonyl (C=O) groups is 1. The Kier molecular flexibility index (Phi) is 4.63. The molecule has 0 aliphatic carbocycles. The number of amides is 1. The van der Waals surface area contributed by atoms with Gasteiger partial charge < -0.3 is 11.1 Å². The van der Waals surface area contributed by atoms with Crippen molar-refractivity contribution in [2.45, 2.75) is 39.7 Å². The van der Waals surface area contributed by atoms with E-state index in [1.54, 1.807) is 6.92 Å². The number of thiazole rings is 1. The summed E-state index contributed by atoms with van der Waals surface area (Å²) in [4.78, 5) is 16.9. The maximum atomic E-state index is 12.2. The highest BCUT2D eigenvalue weighted by molar-refractivity contribution is 7.17. The van der Waals surface area contributed by atoms with E-state index in [-0.39, 0.29) is 11.9 Å². The molecule has 2 aromatic rings. The van der Waals surface area contributed by atoms with E-state index in [9.17, 15) is 4.79 Å². The molecule has 3 N–H and O–H groups in total. The molecule has 4 nitrogen and oxygen atoms in total. The third-order valence-corrected chi connectivity index (χ3v) is 4.46. The Morgan fingerprint density at radius 1 is 1.19 bits per heavy atom. The van der Waals surface area contributed by atoms with Gasteiger partial charge in [-0.3, -0.25) is 4.79 Å². The van der Waals surface area contributed by atoms with Gasteiger partial charge in [-0.25, -0.2) is 4.98 Å². The molecule has 1 atom stereocenters. The van der Waals surface area contributed by atoms with Crippen LogP contribution in [0, 0.1) is 6.92 Å². The van der Waals surface area contributed by atoms with Gasteiger partial charge in [-0.1, -0.05) is 49.4 Å². The first-order valence-corrected chi connectivity index (χ1v) is 7.83. The monoisotopic (exact) mass is 303 g/mol. The molecule has 1 amide bonds. The fraction of sp³-hybridized carbons (Fsp3) is 0.375. The predicted molar refractivity (Wildman–Crippen MR) is 87.7 cm³/mol. The molecule has 0 spiro atoms. The molecule has 2 rings (SSSR count). The number of aromatic nitrogens is 1. The smallest absolute Gasteiger partial charge is 0.263 e. The zero-order valence-electron chi connectivity index (χ0n) is 12.8. The Balaban J connectivity index is 2.08. The van der Waals surface area contributed by atoms with Crippen molar-refractivity contribution < 1.29 is 4.79 Å². The number of rotatable bonds is 4. The lowest BCUT2D eigenvalue weighted by Gasteiger charge is -2.15. The van der Waals surface area contributed by atoms with E-state index in [1.165, 1.54) is 16.9 Å². The number of carbonyl (C=O) groups excluding carboxylic acids is 1. The molecule has 1 aromatic carbocycles. The molecule has 0 saturated heterocycles. The van der Waals surface area contributed by atoms with Gasteiger partial charge >= 0.3 is 0 Å². The normalized spacial score (nSPS) is 12.4. The van der Waals surface area contributed by atoms with E-state index in [0.29, 0.717) is 21.6 Å². The minimum absolute atomic E-state index is 0.0542. The van der Waals surface area contributed by atoms with Gasteiger partial charge in [0.15, 0.2) is 5.13 Å². The second-order valence-corrected chi connectivity index (χ2v) is 6.51. The summed E-state index contributed by atoms with van der Waals surface area (Å²) in [6.07, 6.45) is 0. The van der Waals surface area contributed by atoms with Gasteiger partial charge in [0.2, 0.25) is 0 Å². The Bertz CT molecular complexity index is 631. The topological polar surface area (TPSA) is 68.0 Å². The summed E-state index contributed by atoms with van der Waals surface area (Å²) in [5, 5.41) is 3.41. The number of nitrogen functional groups attached to an aromatic ring is 1. The van der Waals surface area contributed by atoms with Gasteiger partial charge in [0.05, 0.1) is 11.7 Å². The summed E-state index contributed by atoms with van der Waals surface area (Å²) in [7, 11) is 0. The standard InChI is InChI=1S/C16H21N3OS/c1-9(2)12-5-7-13(8-6-12)10(3)18-15(20)14-11(4)19-16(17)21-14/h5-10H,1-4H3,(H2,17,19)(H,18,20). The van der Waals surface area contributed by atoms with E-state index in [4.69, 9.17) is 5.73 Å². The molecule has 1 unspecified atom stereocenters. The van der Waals surface area contributed by atoms with Crippen LogP contribution in [0.15, 0.2) is 24.3 Å². The van der Waals surface area contributed by atoms with Crippen LogP contribution in [-0.2, 0) is 0 Å². The molecule has 0 fully saturated rings. The molecule has 0 aliphatic rings. The highest BCUT2D eigenvalue weighted by Gasteiger charge is 2.17. The van der Waals surface area contributed by atoms with Gasteiger partial charge in [-0.2, -0.15) is 0 Å². The molecule has 0 saturated carbocycles. The second kappa shape index (κ2) is 6.26. The van der Waals surface area contributed by atoms with Crippen molar-refractivity contribution in [3.63, 3.8) is 0 Å². The molecule has 5 heteroatoms. The molecule has 21 heavy (non-hydrogen) atoms. The van der Waals surface area contributed by atoms with Gasteiger partial charge in [-0.15, -0.1) is 0 Å². The Morgan fingerprint density at radius 3 is 2.24 bits per heavy atom. The average molecular weight is 303 g/mol. The van der Waals surface area contributed by atoms with Crippen LogP contribution in [0.5, 0.6) is 0 Å². The quantitative estimate of drug-likeness (QED) is 0.906. The lowest BCUT2D eigenvalue weighted by molar-refractivity contribution is 0.0943. The number of nitrogens with one attached hydrogen (secondary N) is 1. The van der Waals surface area contributed by atoms with Crippen molar-refractivity contribution >= 4 is 22.4 Å². The Morgan fingerprint density at radius 2 is 1.76 bits per heavy atom. The van der Waals surface area contributed by atoms with Gasteiger partial charge in [0, 0.05) is 0 Å². The lowest BCUT2D eigenvalue weighted by Crippen LogP contribution is -2.26. The molecule has 0 aliphatic heterocycles. The number of nitrogens with two attached hydrogens (primary N) is 1. The van der Waals surface area contributed by atoms with Gasteiger partial charge in [-0.05, 0) is 30.9 Å². The molecule has 0 bridgehead atoms.